The molecule has 0 saturated heterocycles. The average molecular weight is 432 g/mol. The summed E-state index contributed by atoms with van der Waals surface area (Å²) in [5.74, 6) is 0.696. The molecule has 0 atom stereocenters. The Morgan fingerprint density at radius 2 is 1.77 bits per heavy atom. The van der Waals surface area contributed by atoms with Crippen LogP contribution in [0, 0.1) is 22.7 Å². The van der Waals surface area contributed by atoms with Gasteiger partial charge in [-0.2, -0.15) is 10.5 Å². The number of carbonyl (C=O) groups is 1. The molecular weight excluding hydrogens is 410 g/mol. The van der Waals surface area contributed by atoms with Crippen LogP contribution < -0.4 is 0 Å². The van der Waals surface area contributed by atoms with Crippen LogP contribution >= 0.6 is 11.8 Å². The Balaban J connectivity index is 1.80. The number of hydrogen-bond donors (Lipinski definition) is 0. The van der Waals surface area contributed by atoms with Crippen LogP contribution in [-0.4, -0.2) is 49.4 Å². The molecule has 1 amide bonds. The maximum absolute atomic E-state index is 12.7. The first-order chi connectivity index (χ1) is 15.2. The number of pyridine rings is 1. The van der Waals surface area contributed by atoms with E-state index >= 15 is 0 Å². The number of thioether (sulfide) groups is 1. The summed E-state index contributed by atoms with van der Waals surface area (Å²) in [4.78, 5) is 18.4. The van der Waals surface area contributed by atoms with E-state index in [2.05, 4.69) is 15.2 Å². The summed E-state index contributed by atoms with van der Waals surface area (Å²) in [5, 5.41) is 27.0. The first-order valence-electron chi connectivity index (χ1n) is 9.75. The Morgan fingerprint density at radius 1 is 1.03 bits per heavy atom. The molecule has 31 heavy (non-hydrogen) atoms. The summed E-state index contributed by atoms with van der Waals surface area (Å²) >= 11 is 1.30. The second-order valence-corrected chi connectivity index (χ2v) is 7.55. The number of hydrogen-bond acceptors (Lipinski definition) is 7. The lowest BCUT2D eigenvalue weighted by atomic mass is 10.2. The largest absolute Gasteiger partial charge is 0.340 e. The zero-order chi connectivity index (χ0) is 21.9. The predicted molar refractivity (Wildman–Crippen MR) is 117 cm³/mol. The standard InChI is InChI=1S/C22H21N7OS/c23-10-5-13-28(14-6-11-24)20(30)17-31-22-27-26-21(19-9-4-12-25-15-19)29(22)16-18-7-2-1-3-8-18/h1-4,7-9,12,15H,5-6,13-14,16-17H2. The Bertz CT molecular complexity index is 1050. The van der Waals surface area contributed by atoms with E-state index in [0.717, 1.165) is 11.1 Å². The first-order valence-corrected chi connectivity index (χ1v) is 10.7. The fraction of sp³-hybridized carbons (Fsp3) is 0.273. The lowest BCUT2D eigenvalue weighted by molar-refractivity contribution is -0.128. The van der Waals surface area contributed by atoms with Gasteiger partial charge in [-0.3, -0.25) is 14.3 Å². The van der Waals surface area contributed by atoms with E-state index < -0.39 is 0 Å². The third-order valence-electron chi connectivity index (χ3n) is 4.48. The summed E-state index contributed by atoms with van der Waals surface area (Å²) in [6.07, 6.45) is 3.90. The first kappa shape index (κ1) is 22.0. The van der Waals surface area contributed by atoms with Gasteiger partial charge in [-0.05, 0) is 17.7 Å². The molecule has 3 rings (SSSR count). The molecular formula is C22H21N7OS. The summed E-state index contributed by atoms with van der Waals surface area (Å²) in [5.41, 5.74) is 1.93. The number of carbonyl (C=O) groups excluding carboxylic acids is 1. The van der Waals surface area contributed by atoms with Crippen molar-refractivity contribution in [3.05, 3.63) is 60.4 Å². The third kappa shape index (κ3) is 6.14. The van der Waals surface area contributed by atoms with E-state index in [-0.39, 0.29) is 24.5 Å². The van der Waals surface area contributed by atoms with Crippen molar-refractivity contribution in [3.63, 3.8) is 0 Å². The zero-order valence-electron chi connectivity index (χ0n) is 16.9. The van der Waals surface area contributed by atoms with E-state index in [4.69, 9.17) is 10.5 Å². The van der Waals surface area contributed by atoms with Crippen LogP contribution in [0.1, 0.15) is 18.4 Å². The molecule has 3 aromatic rings. The molecule has 0 N–H and O–H groups in total. The minimum absolute atomic E-state index is 0.132. The summed E-state index contributed by atoms with van der Waals surface area (Å²) in [6.45, 7) is 1.19. The van der Waals surface area contributed by atoms with Gasteiger partial charge in [-0.25, -0.2) is 0 Å². The molecule has 0 fully saturated rings. The van der Waals surface area contributed by atoms with Gasteiger partial charge in [0.15, 0.2) is 11.0 Å². The summed E-state index contributed by atoms with van der Waals surface area (Å²) < 4.78 is 1.97. The zero-order valence-corrected chi connectivity index (χ0v) is 17.7. The number of nitriles is 2. The SMILES string of the molecule is N#CCCN(CCC#N)C(=O)CSc1nnc(-c2cccnc2)n1Cc1ccccc1. The number of nitrogens with zero attached hydrogens (tertiary/aromatic N) is 7. The Labute approximate surface area is 185 Å². The fourth-order valence-electron chi connectivity index (χ4n) is 2.96. The van der Waals surface area contributed by atoms with Gasteiger partial charge >= 0.3 is 0 Å². The summed E-state index contributed by atoms with van der Waals surface area (Å²) in [6, 6.07) is 17.8. The van der Waals surface area contributed by atoms with Crippen molar-refractivity contribution in [3.8, 4) is 23.5 Å². The van der Waals surface area contributed by atoms with Gasteiger partial charge in [0.25, 0.3) is 0 Å². The molecule has 0 aliphatic rings. The van der Waals surface area contributed by atoms with Crippen molar-refractivity contribution in [2.45, 2.75) is 24.5 Å². The molecule has 1 aromatic carbocycles. The van der Waals surface area contributed by atoms with Crippen LogP contribution in [-0.2, 0) is 11.3 Å². The Hall–Kier alpha value is -3.69. The lowest BCUT2D eigenvalue weighted by Gasteiger charge is -2.20. The lowest BCUT2D eigenvalue weighted by Crippen LogP contribution is -2.34. The fourth-order valence-corrected chi connectivity index (χ4v) is 3.80. The third-order valence-corrected chi connectivity index (χ3v) is 5.44. The number of aromatic nitrogens is 4. The van der Waals surface area contributed by atoms with Crippen molar-refractivity contribution < 1.29 is 4.79 Å². The highest BCUT2D eigenvalue weighted by Crippen LogP contribution is 2.25. The van der Waals surface area contributed by atoms with E-state index in [1.165, 1.54) is 11.8 Å². The number of rotatable bonds is 10. The van der Waals surface area contributed by atoms with Crippen molar-refractivity contribution in [1.82, 2.24) is 24.6 Å². The summed E-state index contributed by atoms with van der Waals surface area (Å²) in [7, 11) is 0. The van der Waals surface area contributed by atoms with Crippen LogP contribution in [0.3, 0.4) is 0 Å². The van der Waals surface area contributed by atoms with Gasteiger partial charge in [0, 0.05) is 31.0 Å². The van der Waals surface area contributed by atoms with Crippen molar-refractivity contribution >= 4 is 17.7 Å². The van der Waals surface area contributed by atoms with Gasteiger partial charge in [0.2, 0.25) is 5.91 Å². The van der Waals surface area contributed by atoms with Gasteiger partial charge in [0.1, 0.15) is 0 Å². The van der Waals surface area contributed by atoms with E-state index in [1.54, 1.807) is 17.3 Å². The van der Waals surface area contributed by atoms with Crippen molar-refractivity contribution in [2.75, 3.05) is 18.8 Å². The van der Waals surface area contributed by atoms with Crippen LogP contribution in [0.4, 0.5) is 0 Å². The van der Waals surface area contributed by atoms with Gasteiger partial charge in [-0.1, -0.05) is 42.1 Å². The van der Waals surface area contributed by atoms with Crippen LogP contribution in [0.2, 0.25) is 0 Å². The van der Waals surface area contributed by atoms with Gasteiger partial charge in [-0.15, -0.1) is 10.2 Å². The highest BCUT2D eigenvalue weighted by atomic mass is 32.2. The molecule has 2 heterocycles. The van der Waals surface area contributed by atoms with E-state index in [9.17, 15) is 4.79 Å². The van der Waals surface area contributed by atoms with Crippen molar-refractivity contribution in [1.29, 1.82) is 10.5 Å². The molecule has 0 unspecified atom stereocenters. The maximum Gasteiger partial charge on any atom is 0.233 e. The number of amides is 1. The Morgan fingerprint density at radius 3 is 2.42 bits per heavy atom. The molecule has 0 saturated carbocycles. The van der Waals surface area contributed by atoms with E-state index in [0.29, 0.717) is 30.6 Å². The molecule has 0 spiro atoms. The normalized spacial score (nSPS) is 10.3. The number of benzene rings is 1. The molecule has 156 valence electrons. The van der Waals surface area contributed by atoms with Crippen LogP contribution in [0.25, 0.3) is 11.4 Å². The van der Waals surface area contributed by atoms with Gasteiger partial charge in [0.05, 0.1) is 37.3 Å². The van der Waals surface area contributed by atoms with Crippen LogP contribution in [0.5, 0.6) is 0 Å². The molecule has 8 nitrogen and oxygen atoms in total. The highest BCUT2D eigenvalue weighted by Gasteiger charge is 2.19. The molecule has 0 bridgehead atoms. The topological polar surface area (TPSA) is 111 Å². The van der Waals surface area contributed by atoms with Gasteiger partial charge < -0.3 is 4.90 Å². The predicted octanol–water partition coefficient (Wildman–Crippen LogP) is 3.14. The van der Waals surface area contributed by atoms with Crippen LogP contribution in [0.15, 0.2) is 60.0 Å². The Kier molecular flexibility index (Phi) is 8.15. The average Bonchev–Trinajstić information content (AvgIpc) is 3.21. The molecule has 0 aliphatic carbocycles. The van der Waals surface area contributed by atoms with E-state index in [1.807, 2.05) is 59.2 Å². The highest BCUT2D eigenvalue weighted by molar-refractivity contribution is 7.99. The molecule has 0 radical (unpaired) electrons. The minimum Gasteiger partial charge on any atom is -0.340 e. The second-order valence-electron chi connectivity index (χ2n) is 6.61. The monoisotopic (exact) mass is 431 g/mol. The molecule has 0 aliphatic heterocycles. The smallest absolute Gasteiger partial charge is 0.233 e. The maximum atomic E-state index is 12.7. The molecule has 9 heteroatoms. The second kappa shape index (κ2) is 11.5. The molecule has 2 aromatic heterocycles. The van der Waals surface area contributed by atoms with Crippen molar-refractivity contribution in [2.24, 2.45) is 0 Å². The minimum atomic E-state index is -0.132. The quantitative estimate of drug-likeness (QED) is 0.453.